The highest BCUT2D eigenvalue weighted by molar-refractivity contribution is 7.80. The van der Waals surface area contributed by atoms with Gasteiger partial charge in [0, 0.05) is 18.7 Å². The first-order chi connectivity index (χ1) is 13.8. The van der Waals surface area contributed by atoms with Gasteiger partial charge in [0.15, 0.2) is 5.11 Å². The second-order valence-electron chi connectivity index (χ2n) is 6.63. The number of benzene rings is 1. The van der Waals surface area contributed by atoms with Crippen LogP contribution in [0.1, 0.15) is 44.0 Å². The first kappa shape index (κ1) is 22.6. The van der Waals surface area contributed by atoms with Gasteiger partial charge in [0.05, 0.1) is 19.1 Å². The number of esters is 1. The van der Waals surface area contributed by atoms with E-state index in [9.17, 15) is 14.4 Å². The monoisotopic (exact) mass is 421 g/mol. The molecule has 8 nitrogen and oxygen atoms in total. The van der Waals surface area contributed by atoms with Crippen LogP contribution in [0.5, 0.6) is 5.75 Å². The van der Waals surface area contributed by atoms with E-state index in [1.54, 1.807) is 36.1 Å². The molecule has 0 saturated carbocycles. The molecular formula is C20H27N3O5S. The van der Waals surface area contributed by atoms with Crippen LogP contribution in [0, 0.1) is 0 Å². The number of carbonyl (C=O) groups excluding carboxylic acids is 3. The maximum atomic E-state index is 12.6. The van der Waals surface area contributed by atoms with Crippen LogP contribution >= 0.6 is 12.2 Å². The van der Waals surface area contributed by atoms with Gasteiger partial charge in [0.25, 0.3) is 5.91 Å². The first-order valence-electron chi connectivity index (χ1n) is 9.67. The van der Waals surface area contributed by atoms with Gasteiger partial charge in [-0.15, -0.1) is 0 Å². The Labute approximate surface area is 175 Å². The summed E-state index contributed by atoms with van der Waals surface area (Å²) < 4.78 is 10.7. The number of ether oxygens (including phenoxy) is 2. The van der Waals surface area contributed by atoms with E-state index in [4.69, 9.17) is 21.7 Å². The first-order valence-corrected chi connectivity index (χ1v) is 10.1. The topological polar surface area (TPSA) is 97.0 Å². The lowest BCUT2D eigenvalue weighted by molar-refractivity contribution is -0.151. The molecule has 2 atom stereocenters. The van der Waals surface area contributed by atoms with E-state index in [0.29, 0.717) is 37.4 Å². The number of hydrogen-bond acceptors (Lipinski definition) is 6. The van der Waals surface area contributed by atoms with Gasteiger partial charge in [-0.1, -0.05) is 13.0 Å². The van der Waals surface area contributed by atoms with Crippen molar-refractivity contribution in [3.05, 3.63) is 29.8 Å². The molecule has 2 rings (SSSR count). The Morgan fingerprint density at radius 2 is 2.14 bits per heavy atom. The van der Waals surface area contributed by atoms with E-state index >= 15 is 0 Å². The van der Waals surface area contributed by atoms with E-state index in [0.717, 1.165) is 0 Å². The molecule has 1 aliphatic rings. The highest BCUT2D eigenvalue weighted by Crippen LogP contribution is 2.15. The standard InChI is InChI=1S/C20H27N3O5S/c1-4-13(3)28-17(24)12-16-19(26)21-9-10-23(16)20(29)22-18(25)14-7-6-8-15(11-14)27-5-2/h6-8,11,13,16H,4-5,9-10,12H2,1-3H3,(H,21,26)(H,22,25,29). The van der Waals surface area contributed by atoms with Crippen LogP contribution in [0.15, 0.2) is 24.3 Å². The molecule has 0 aliphatic carbocycles. The number of amides is 2. The van der Waals surface area contributed by atoms with E-state index in [2.05, 4.69) is 10.6 Å². The summed E-state index contributed by atoms with van der Waals surface area (Å²) in [5.74, 6) is -0.644. The van der Waals surface area contributed by atoms with Crippen molar-refractivity contribution in [2.24, 2.45) is 0 Å². The van der Waals surface area contributed by atoms with Gasteiger partial charge in [-0.25, -0.2) is 0 Å². The smallest absolute Gasteiger partial charge is 0.308 e. The Balaban J connectivity index is 2.06. The Kier molecular flexibility index (Phi) is 8.38. The molecule has 29 heavy (non-hydrogen) atoms. The fourth-order valence-electron chi connectivity index (χ4n) is 2.81. The third-order valence-corrected chi connectivity index (χ3v) is 4.82. The summed E-state index contributed by atoms with van der Waals surface area (Å²) in [7, 11) is 0. The average Bonchev–Trinajstić information content (AvgIpc) is 2.69. The molecule has 1 aliphatic heterocycles. The van der Waals surface area contributed by atoms with Gasteiger partial charge < -0.3 is 19.7 Å². The van der Waals surface area contributed by atoms with Gasteiger partial charge in [-0.3, -0.25) is 19.7 Å². The van der Waals surface area contributed by atoms with Crippen LogP contribution in [0.3, 0.4) is 0 Å². The predicted molar refractivity (Wildman–Crippen MR) is 112 cm³/mol. The van der Waals surface area contributed by atoms with Crippen LogP contribution < -0.4 is 15.4 Å². The molecule has 1 aromatic rings. The van der Waals surface area contributed by atoms with Crippen LogP contribution in [-0.2, 0) is 14.3 Å². The van der Waals surface area contributed by atoms with Crippen molar-refractivity contribution >= 4 is 35.1 Å². The molecule has 158 valence electrons. The molecule has 0 aromatic heterocycles. The molecule has 1 aromatic carbocycles. The van der Waals surface area contributed by atoms with Gasteiger partial charge in [-0.05, 0) is 50.7 Å². The molecule has 2 N–H and O–H groups in total. The molecule has 1 saturated heterocycles. The number of carbonyl (C=O) groups is 3. The van der Waals surface area contributed by atoms with Crippen molar-refractivity contribution in [3.8, 4) is 5.75 Å². The number of thiocarbonyl (C=S) groups is 1. The van der Waals surface area contributed by atoms with Crippen LogP contribution in [0.25, 0.3) is 0 Å². The minimum absolute atomic E-state index is 0.0907. The summed E-state index contributed by atoms with van der Waals surface area (Å²) in [6.07, 6.45) is 0.306. The number of hydrogen-bond donors (Lipinski definition) is 2. The predicted octanol–water partition coefficient (Wildman–Crippen LogP) is 1.63. The van der Waals surface area contributed by atoms with Crippen molar-refractivity contribution in [3.63, 3.8) is 0 Å². The average molecular weight is 422 g/mol. The molecule has 0 radical (unpaired) electrons. The van der Waals surface area contributed by atoms with Crippen molar-refractivity contribution in [1.82, 2.24) is 15.5 Å². The van der Waals surface area contributed by atoms with Crippen molar-refractivity contribution in [1.29, 1.82) is 0 Å². The maximum absolute atomic E-state index is 12.6. The van der Waals surface area contributed by atoms with Gasteiger partial charge in [0.2, 0.25) is 5.91 Å². The van der Waals surface area contributed by atoms with Crippen LogP contribution in [0.2, 0.25) is 0 Å². The Morgan fingerprint density at radius 1 is 1.38 bits per heavy atom. The minimum atomic E-state index is -0.831. The van der Waals surface area contributed by atoms with Gasteiger partial charge in [-0.2, -0.15) is 0 Å². The largest absolute Gasteiger partial charge is 0.494 e. The fraction of sp³-hybridized carbons (Fsp3) is 0.500. The molecule has 1 fully saturated rings. The molecule has 1 heterocycles. The third kappa shape index (κ3) is 6.42. The summed E-state index contributed by atoms with van der Waals surface area (Å²) in [4.78, 5) is 38.6. The zero-order valence-electron chi connectivity index (χ0n) is 16.9. The number of rotatable bonds is 7. The second-order valence-corrected chi connectivity index (χ2v) is 7.02. The number of piperazine rings is 1. The third-order valence-electron chi connectivity index (χ3n) is 4.49. The van der Waals surface area contributed by atoms with Gasteiger partial charge in [0.1, 0.15) is 11.8 Å². The summed E-state index contributed by atoms with van der Waals surface area (Å²) >= 11 is 5.36. The summed E-state index contributed by atoms with van der Waals surface area (Å²) in [6.45, 7) is 6.79. The summed E-state index contributed by atoms with van der Waals surface area (Å²) in [5, 5.41) is 5.45. The molecular weight excluding hydrogens is 394 g/mol. The Bertz CT molecular complexity index is 770. The second kappa shape index (κ2) is 10.8. The van der Waals surface area contributed by atoms with Crippen molar-refractivity contribution < 1.29 is 23.9 Å². The molecule has 2 amide bonds. The highest BCUT2D eigenvalue weighted by Gasteiger charge is 2.34. The zero-order chi connectivity index (χ0) is 21.4. The van der Waals surface area contributed by atoms with E-state index in [1.807, 2.05) is 13.8 Å². The lowest BCUT2D eigenvalue weighted by Crippen LogP contribution is -2.60. The number of nitrogens with one attached hydrogen (secondary N) is 2. The SMILES string of the molecule is CCOc1cccc(C(=O)NC(=S)N2CCNC(=O)C2CC(=O)OC(C)CC)c1. The Morgan fingerprint density at radius 3 is 2.83 bits per heavy atom. The van der Waals surface area contributed by atoms with Crippen molar-refractivity contribution in [2.45, 2.75) is 45.8 Å². The van der Waals surface area contributed by atoms with Crippen LogP contribution in [-0.4, -0.2) is 59.6 Å². The molecule has 9 heteroatoms. The van der Waals surface area contributed by atoms with E-state index < -0.39 is 17.9 Å². The van der Waals surface area contributed by atoms with E-state index in [1.165, 1.54) is 0 Å². The molecule has 0 spiro atoms. The highest BCUT2D eigenvalue weighted by atomic mass is 32.1. The minimum Gasteiger partial charge on any atom is -0.494 e. The lowest BCUT2D eigenvalue weighted by Gasteiger charge is -2.36. The van der Waals surface area contributed by atoms with Crippen molar-refractivity contribution in [2.75, 3.05) is 19.7 Å². The zero-order valence-corrected chi connectivity index (χ0v) is 17.7. The fourth-order valence-corrected chi connectivity index (χ4v) is 3.12. The quantitative estimate of drug-likeness (QED) is 0.510. The van der Waals surface area contributed by atoms with Crippen LogP contribution in [0.4, 0.5) is 0 Å². The van der Waals surface area contributed by atoms with Gasteiger partial charge >= 0.3 is 5.97 Å². The Hall–Kier alpha value is -2.68. The molecule has 0 bridgehead atoms. The normalized spacial score (nSPS) is 17.1. The molecule has 2 unspecified atom stereocenters. The van der Waals surface area contributed by atoms with E-state index in [-0.39, 0.29) is 23.5 Å². The number of nitrogens with zero attached hydrogens (tertiary/aromatic N) is 1. The lowest BCUT2D eigenvalue weighted by atomic mass is 10.1. The maximum Gasteiger partial charge on any atom is 0.308 e. The summed E-state index contributed by atoms with van der Waals surface area (Å²) in [6, 6.07) is 5.90. The summed E-state index contributed by atoms with van der Waals surface area (Å²) in [5.41, 5.74) is 0.382.